The highest BCUT2D eigenvalue weighted by molar-refractivity contribution is 7.22. The molecule has 0 aliphatic heterocycles. The Hall–Kier alpha value is -2.00. The summed E-state index contributed by atoms with van der Waals surface area (Å²) in [6.07, 6.45) is 5.40. The lowest BCUT2D eigenvalue weighted by Crippen LogP contribution is -2.10. The lowest BCUT2D eigenvalue weighted by molar-refractivity contribution is 0.210. The number of hydrogen-bond donors (Lipinski definition) is 0. The summed E-state index contributed by atoms with van der Waals surface area (Å²) in [5.74, 6) is 1.90. The van der Waals surface area contributed by atoms with Crippen molar-refractivity contribution in [3.63, 3.8) is 0 Å². The summed E-state index contributed by atoms with van der Waals surface area (Å²) in [7, 11) is 1.71. The van der Waals surface area contributed by atoms with Crippen molar-refractivity contribution in [2.24, 2.45) is 0 Å². The largest absolute Gasteiger partial charge is 0.497 e. The van der Waals surface area contributed by atoms with E-state index in [1.54, 1.807) is 18.4 Å². The van der Waals surface area contributed by atoms with Gasteiger partial charge in [0.2, 0.25) is 0 Å². The first-order valence-electron chi connectivity index (χ1n) is 8.16. The smallest absolute Gasteiger partial charge is 0.120 e. The van der Waals surface area contributed by atoms with E-state index in [0.717, 1.165) is 11.5 Å². The van der Waals surface area contributed by atoms with Gasteiger partial charge in [0.05, 0.1) is 13.2 Å². The van der Waals surface area contributed by atoms with Crippen molar-refractivity contribution in [3.8, 4) is 21.9 Å². The van der Waals surface area contributed by atoms with Crippen LogP contribution in [0.3, 0.4) is 0 Å². The molecule has 0 atom stereocenters. The van der Waals surface area contributed by atoms with E-state index in [1.165, 1.54) is 46.2 Å². The van der Waals surface area contributed by atoms with Crippen LogP contribution in [0.1, 0.15) is 25.7 Å². The Labute approximate surface area is 140 Å². The number of methoxy groups -OCH3 is 1. The number of ether oxygens (including phenoxy) is 2. The molecule has 0 bridgehead atoms. The van der Waals surface area contributed by atoms with E-state index in [4.69, 9.17) is 9.47 Å². The third-order valence-electron chi connectivity index (χ3n) is 4.47. The van der Waals surface area contributed by atoms with Gasteiger partial charge >= 0.3 is 0 Å². The molecule has 1 aromatic heterocycles. The van der Waals surface area contributed by atoms with Gasteiger partial charge < -0.3 is 9.47 Å². The molecule has 3 aromatic rings. The average molecular weight is 324 g/mol. The lowest BCUT2D eigenvalue weighted by Gasteiger charge is -2.13. The zero-order valence-corrected chi connectivity index (χ0v) is 14.1. The monoisotopic (exact) mass is 324 g/mol. The van der Waals surface area contributed by atoms with Gasteiger partial charge in [-0.3, -0.25) is 0 Å². The summed E-state index contributed by atoms with van der Waals surface area (Å²) in [5, 5.41) is 1.26. The highest BCUT2D eigenvalue weighted by atomic mass is 32.1. The van der Waals surface area contributed by atoms with Gasteiger partial charge in [-0.25, -0.2) is 0 Å². The molecule has 0 spiro atoms. The molecule has 4 rings (SSSR count). The van der Waals surface area contributed by atoms with Gasteiger partial charge in [-0.2, -0.15) is 0 Å². The van der Waals surface area contributed by atoms with Gasteiger partial charge in [0.1, 0.15) is 11.5 Å². The SMILES string of the molecule is COc1ccc2cc(-c3ccc(OC4CCCC4)cc3)sc2c1. The molecule has 0 N–H and O–H groups in total. The fourth-order valence-electron chi connectivity index (χ4n) is 3.18. The molecule has 1 fully saturated rings. The summed E-state index contributed by atoms with van der Waals surface area (Å²) in [6, 6.07) is 17.0. The zero-order chi connectivity index (χ0) is 15.6. The van der Waals surface area contributed by atoms with Crippen LogP contribution in [0.5, 0.6) is 11.5 Å². The Morgan fingerprint density at radius 2 is 1.65 bits per heavy atom. The average Bonchev–Trinajstić information content (AvgIpc) is 3.24. The second-order valence-electron chi connectivity index (χ2n) is 6.06. The van der Waals surface area contributed by atoms with Gasteiger partial charge in [-0.05, 0) is 85.2 Å². The van der Waals surface area contributed by atoms with E-state index < -0.39 is 0 Å². The van der Waals surface area contributed by atoms with Crippen LogP contribution in [-0.2, 0) is 0 Å². The minimum Gasteiger partial charge on any atom is -0.497 e. The molecule has 118 valence electrons. The van der Waals surface area contributed by atoms with E-state index in [2.05, 4.69) is 42.5 Å². The van der Waals surface area contributed by atoms with Crippen molar-refractivity contribution >= 4 is 21.4 Å². The molecule has 0 unspecified atom stereocenters. The predicted molar refractivity (Wildman–Crippen MR) is 96.7 cm³/mol. The Bertz CT molecular complexity index is 798. The van der Waals surface area contributed by atoms with Crippen LogP contribution in [0, 0.1) is 0 Å². The number of fused-ring (bicyclic) bond motifs is 1. The second-order valence-corrected chi connectivity index (χ2v) is 7.15. The van der Waals surface area contributed by atoms with Crippen molar-refractivity contribution < 1.29 is 9.47 Å². The number of benzene rings is 2. The Balaban J connectivity index is 1.57. The van der Waals surface area contributed by atoms with Crippen molar-refractivity contribution in [1.82, 2.24) is 0 Å². The van der Waals surface area contributed by atoms with Crippen LogP contribution in [0.25, 0.3) is 20.5 Å². The summed E-state index contributed by atoms with van der Waals surface area (Å²) in [6.45, 7) is 0. The molecule has 0 saturated heterocycles. The van der Waals surface area contributed by atoms with Crippen LogP contribution in [-0.4, -0.2) is 13.2 Å². The van der Waals surface area contributed by atoms with Gasteiger partial charge in [0, 0.05) is 9.58 Å². The molecule has 1 saturated carbocycles. The summed E-state index contributed by atoms with van der Waals surface area (Å²) in [4.78, 5) is 1.28. The third-order valence-corrected chi connectivity index (χ3v) is 5.62. The molecule has 1 heterocycles. The molecule has 23 heavy (non-hydrogen) atoms. The quantitative estimate of drug-likeness (QED) is 0.595. The summed E-state index contributed by atoms with van der Waals surface area (Å²) in [5.41, 5.74) is 1.24. The predicted octanol–water partition coefficient (Wildman–Crippen LogP) is 5.90. The Kier molecular flexibility index (Phi) is 3.96. The van der Waals surface area contributed by atoms with Gasteiger partial charge in [0.15, 0.2) is 0 Å². The van der Waals surface area contributed by atoms with Crippen LogP contribution in [0.2, 0.25) is 0 Å². The molecule has 1 aliphatic carbocycles. The van der Waals surface area contributed by atoms with E-state index >= 15 is 0 Å². The molecular weight excluding hydrogens is 304 g/mol. The van der Waals surface area contributed by atoms with Gasteiger partial charge in [-0.15, -0.1) is 11.3 Å². The first kappa shape index (κ1) is 14.6. The van der Waals surface area contributed by atoms with Crippen LogP contribution in [0.15, 0.2) is 48.5 Å². The van der Waals surface area contributed by atoms with Crippen molar-refractivity contribution in [2.45, 2.75) is 31.8 Å². The lowest BCUT2D eigenvalue weighted by atomic mass is 10.1. The number of rotatable bonds is 4. The third kappa shape index (κ3) is 3.06. The van der Waals surface area contributed by atoms with E-state index in [9.17, 15) is 0 Å². The Morgan fingerprint density at radius 3 is 2.39 bits per heavy atom. The van der Waals surface area contributed by atoms with E-state index in [0.29, 0.717) is 6.10 Å². The molecular formula is C20H20O2S. The summed E-state index contributed by atoms with van der Waals surface area (Å²) >= 11 is 1.80. The zero-order valence-electron chi connectivity index (χ0n) is 13.2. The molecule has 2 nitrogen and oxygen atoms in total. The van der Waals surface area contributed by atoms with Crippen molar-refractivity contribution in [1.29, 1.82) is 0 Å². The van der Waals surface area contributed by atoms with Crippen molar-refractivity contribution in [3.05, 3.63) is 48.5 Å². The second kappa shape index (κ2) is 6.25. The normalized spacial score (nSPS) is 15.2. The molecule has 1 aliphatic rings. The maximum absolute atomic E-state index is 6.04. The Morgan fingerprint density at radius 1 is 0.913 bits per heavy atom. The minimum absolute atomic E-state index is 0.414. The van der Waals surface area contributed by atoms with Crippen LogP contribution < -0.4 is 9.47 Å². The van der Waals surface area contributed by atoms with Gasteiger partial charge in [-0.1, -0.05) is 0 Å². The van der Waals surface area contributed by atoms with E-state index in [1.807, 2.05) is 6.07 Å². The van der Waals surface area contributed by atoms with E-state index in [-0.39, 0.29) is 0 Å². The maximum atomic E-state index is 6.04. The standard InChI is InChI=1S/C20H20O2S/c1-21-18-11-8-15-12-19(23-20(15)13-18)14-6-9-17(10-7-14)22-16-4-2-3-5-16/h6-13,16H,2-5H2,1H3. The maximum Gasteiger partial charge on any atom is 0.120 e. The van der Waals surface area contributed by atoms with Crippen LogP contribution >= 0.6 is 11.3 Å². The molecule has 0 radical (unpaired) electrons. The fraction of sp³-hybridized carbons (Fsp3) is 0.300. The first-order valence-corrected chi connectivity index (χ1v) is 8.98. The first-order chi connectivity index (χ1) is 11.3. The minimum atomic E-state index is 0.414. The topological polar surface area (TPSA) is 18.5 Å². The molecule has 3 heteroatoms. The highest BCUT2D eigenvalue weighted by Crippen LogP contribution is 2.36. The number of hydrogen-bond acceptors (Lipinski definition) is 3. The molecule has 0 amide bonds. The summed E-state index contributed by atoms with van der Waals surface area (Å²) < 4.78 is 12.6. The molecule has 2 aromatic carbocycles. The highest BCUT2D eigenvalue weighted by Gasteiger charge is 2.16. The van der Waals surface area contributed by atoms with Gasteiger partial charge in [0.25, 0.3) is 0 Å². The number of thiophene rings is 1. The van der Waals surface area contributed by atoms with Crippen LogP contribution in [0.4, 0.5) is 0 Å². The van der Waals surface area contributed by atoms with Crippen molar-refractivity contribution in [2.75, 3.05) is 7.11 Å². The fourth-order valence-corrected chi connectivity index (χ4v) is 4.27.